The second-order valence-electron chi connectivity index (χ2n) is 6.54. The predicted molar refractivity (Wildman–Crippen MR) is 103 cm³/mol. The maximum Gasteiger partial charge on any atom is 0.122 e. The molecule has 0 fully saturated rings. The van der Waals surface area contributed by atoms with Crippen molar-refractivity contribution in [2.24, 2.45) is 0 Å². The summed E-state index contributed by atoms with van der Waals surface area (Å²) in [5.41, 5.74) is 4.07. The summed E-state index contributed by atoms with van der Waals surface area (Å²) in [5, 5.41) is 2.72. The Kier molecular flexibility index (Phi) is 5.20. The maximum atomic E-state index is 5.63. The number of fused-ring (bicyclic) bond motifs is 1. The molecule has 0 spiro atoms. The van der Waals surface area contributed by atoms with Crippen LogP contribution in [0.5, 0.6) is 5.75 Å². The van der Waals surface area contributed by atoms with Gasteiger partial charge in [0.25, 0.3) is 0 Å². The molecule has 3 aromatic carbocycles. The Morgan fingerprint density at radius 3 is 2.54 bits per heavy atom. The van der Waals surface area contributed by atoms with Gasteiger partial charge in [-0.1, -0.05) is 61.5 Å². The lowest BCUT2D eigenvalue weighted by Crippen LogP contribution is -1.99. The van der Waals surface area contributed by atoms with Gasteiger partial charge in [0.1, 0.15) is 5.75 Å². The van der Waals surface area contributed by atoms with Crippen molar-refractivity contribution in [1.82, 2.24) is 0 Å². The fourth-order valence-electron chi connectivity index (χ4n) is 3.40. The lowest BCUT2D eigenvalue weighted by molar-refractivity contribution is 0.338. The fourth-order valence-corrected chi connectivity index (χ4v) is 3.40. The van der Waals surface area contributed by atoms with Crippen molar-refractivity contribution in [2.45, 2.75) is 39.5 Å². The molecule has 124 valence electrons. The molecule has 0 radical (unpaired) electrons. The standard InChI is InChI=1S/C23H26O/c1-4-24-23-15-14-19(16-18(23)3)13-12-17(2)21-11-7-9-20-8-5-6-10-22(20)21/h5-11,14-17H,4,12-13H2,1-3H3/t17-/m0/s1. The van der Waals surface area contributed by atoms with Crippen molar-refractivity contribution in [1.29, 1.82) is 0 Å². The summed E-state index contributed by atoms with van der Waals surface area (Å²) < 4.78 is 5.63. The lowest BCUT2D eigenvalue weighted by Gasteiger charge is -2.15. The van der Waals surface area contributed by atoms with Crippen LogP contribution in [0.2, 0.25) is 0 Å². The highest BCUT2D eigenvalue weighted by atomic mass is 16.5. The van der Waals surface area contributed by atoms with Gasteiger partial charge in [-0.2, -0.15) is 0 Å². The zero-order valence-electron chi connectivity index (χ0n) is 14.9. The molecule has 0 N–H and O–H groups in total. The van der Waals surface area contributed by atoms with E-state index in [0.29, 0.717) is 5.92 Å². The molecule has 0 heterocycles. The summed E-state index contributed by atoms with van der Waals surface area (Å²) in [7, 11) is 0. The van der Waals surface area contributed by atoms with Crippen molar-refractivity contribution >= 4 is 10.8 Å². The topological polar surface area (TPSA) is 9.23 Å². The first-order valence-corrected chi connectivity index (χ1v) is 8.89. The minimum atomic E-state index is 0.544. The molecule has 1 heteroatoms. The lowest BCUT2D eigenvalue weighted by atomic mass is 9.90. The monoisotopic (exact) mass is 318 g/mol. The molecule has 0 saturated carbocycles. The van der Waals surface area contributed by atoms with Crippen LogP contribution in [0, 0.1) is 6.92 Å². The van der Waals surface area contributed by atoms with Gasteiger partial charge in [-0.05, 0) is 66.1 Å². The summed E-state index contributed by atoms with van der Waals surface area (Å²) in [4.78, 5) is 0. The first kappa shape index (κ1) is 16.6. The van der Waals surface area contributed by atoms with Crippen LogP contribution in [0.15, 0.2) is 60.7 Å². The Morgan fingerprint density at radius 1 is 0.958 bits per heavy atom. The molecule has 1 nitrogen and oxygen atoms in total. The second-order valence-corrected chi connectivity index (χ2v) is 6.54. The highest BCUT2D eigenvalue weighted by Gasteiger charge is 2.10. The van der Waals surface area contributed by atoms with E-state index in [0.717, 1.165) is 25.2 Å². The van der Waals surface area contributed by atoms with Gasteiger partial charge in [0.05, 0.1) is 6.61 Å². The van der Waals surface area contributed by atoms with E-state index in [9.17, 15) is 0 Å². The molecule has 0 bridgehead atoms. The number of benzene rings is 3. The molecule has 0 aromatic heterocycles. The molecule has 24 heavy (non-hydrogen) atoms. The van der Waals surface area contributed by atoms with Crippen molar-refractivity contribution in [2.75, 3.05) is 6.61 Å². The first-order chi connectivity index (χ1) is 11.7. The van der Waals surface area contributed by atoms with Crippen LogP contribution in [0.4, 0.5) is 0 Å². The van der Waals surface area contributed by atoms with Crippen LogP contribution in [-0.4, -0.2) is 6.61 Å². The van der Waals surface area contributed by atoms with Gasteiger partial charge in [-0.25, -0.2) is 0 Å². The molecule has 0 unspecified atom stereocenters. The SMILES string of the molecule is CCOc1ccc(CC[C@H](C)c2cccc3ccccc23)cc1C. The van der Waals surface area contributed by atoms with Gasteiger partial charge in [0.2, 0.25) is 0 Å². The summed E-state index contributed by atoms with van der Waals surface area (Å²) >= 11 is 0. The summed E-state index contributed by atoms with van der Waals surface area (Å²) in [6.07, 6.45) is 2.25. The Labute approximate surface area is 145 Å². The molecular formula is C23H26O. The van der Waals surface area contributed by atoms with Gasteiger partial charge in [-0.3, -0.25) is 0 Å². The molecule has 0 saturated heterocycles. The van der Waals surface area contributed by atoms with Crippen LogP contribution in [0.3, 0.4) is 0 Å². The average Bonchev–Trinajstić information content (AvgIpc) is 2.61. The van der Waals surface area contributed by atoms with Crippen LogP contribution >= 0.6 is 0 Å². The molecule has 3 rings (SSSR count). The Morgan fingerprint density at radius 2 is 1.75 bits per heavy atom. The predicted octanol–water partition coefficient (Wildman–Crippen LogP) is 6.28. The maximum absolute atomic E-state index is 5.63. The van der Waals surface area contributed by atoms with E-state index in [1.165, 1.54) is 27.5 Å². The first-order valence-electron chi connectivity index (χ1n) is 8.89. The van der Waals surface area contributed by atoms with E-state index in [1.807, 2.05) is 6.92 Å². The normalized spacial score (nSPS) is 12.3. The van der Waals surface area contributed by atoms with Gasteiger partial charge >= 0.3 is 0 Å². The van der Waals surface area contributed by atoms with Gasteiger partial charge in [0, 0.05) is 0 Å². The van der Waals surface area contributed by atoms with Crippen molar-refractivity contribution in [3.8, 4) is 5.75 Å². The third-order valence-corrected chi connectivity index (χ3v) is 4.76. The van der Waals surface area contributed by atoms with E-state index < -0.39 is 0 Å². The molecular weight excluding hydrogens is 292 g/mol. The zero-order chi connectivity index (χ0) is 16.9. The smallest absolute Gasteiger partial charge is 0.122 e. The van der Waals surface area contributed by atoms with Crippen LogP contribution < -0.4 is 4.74 Å². The van der Waals surface area contributed by atoms with Crippen molar-refractivity contribution in [3.63, 3.8) is 0 Å². The average molecular weight is 318 g/mol. The molecule has 0 amide bonds. The molecule has 0 aliphatic rings. The van der Waals surface area contributed by atoms with E-state index in [-0.39, 0.29) is 0 Å². The minimum Gasteiger partial charge on any atom is -0.494 e. The van der Waals surface area contributed by atoms with Crippen LogP contribution in [-0.2, 0) is 6.42 Å². The Bertz CT molecular complexity index is 814. The molecule has 3 aromatic rings. The summed E-state index contributed by atoms with van der Waals surface area (Å²) in [5.74, 6) is 1.55. The summed E-state index contributed by atoms with van der Waals surface area (Å²) in [6.45, 7) is 7.21. The molecule has 0 aliphatic heterocycles. The highest BCUT2D eigenvalue weighted by molar-refractivity contribution is 5.86. The van der Waals surface area contributed by atoms with Crippen LogP contribution in [0.1, 0.15) is 42.9 Å². The van der Waals surface area contributed by atoms with E-state index in [1.54, 1.807) is 0 Å². The van der Waals surface area contributed by atoms with Crippen LogP contribution in [0.25, 0.3) is 10.8 Å². The molecule has 1 atom stereocenters. The minimum absolute atomic E-state index is 0.544. The number of hydrogen-bond donors (Lipinski definition) is 0. The van der Waals surface area contributed by atoms with Gasteiger partial charge in [0.15, 0.2) is 0 Å². The fraction of sp³-hybridized carbons (Fsp3) is 0.304. The highest BCUT2D eigenvalue weighted by Crippen LogP contribution is 2.29. The quantitative estimate of drug-likeness (QED) is 0.519. The third kappa shape index (κ3) is 3.62. The number of rotatable bonds is 6. The number of aryl methyl sites for hydroxylation is 2. The third-order valence-electron chi connectivity index (χ3n) is 4.76. The largest absolute Gasteiger partial charge is 0.494 e. The van der Waals surface area contributed by atoms with E-state index in [2.05, 4.69) is 74.5 Å². The Balaban J connectivity index is 1.73. The van der Waals surface area contributed by atoms with Gasteiger partial charge in [-0.15, -0.1) is 0 Å². The van der Waals surface area contributed by atoms with Crippen molar-refractivity contribution in [3.05, 3.63) is 77.4 Å². The number of hydrogen-bond acceptors (Lipinski definition) is 1. The van der Waals surface area contributed by atoms with Crippen molar-refractivity contribution < 1.29 is 4.74 Å². The van der Waals surface area contributed by atoms with E-state index >= 15 is 0 Å². The Hall–Kier alpha value is -2.28. The van der Waals surface area contributed by atoms with Gasteiger partial charge < -0.3 is 4.74 Å². The zero-order valence-corrected chi connectivity index (χ0v) is 14.9. The second kappa shape index (κ2) is 7.53. The summed E-state index contributed by atoms with van der Waals surface area (Å²) in [6, 6.07) is 21.9. The number of ether oxygens (including phenoxy) is 1. The van der Waals surface area contributed by atoms with E-state index in [4.69, 9.17) is 4.74 Å². The molecule has 0 aliphatic carbocycles.